The number of benzene rings is 3. The molecular formula is C24H23IN2O4. The van der Waals surface area contributed by atoms with E-state index in [1.165, 1.54) is 0 Å². The van der Waals surface area contributed by atoms with E-state index in [0.717, 1.165) is 14.7 Å². The molecule has 0 unspecified atom stereocenters. The molecule has 160 valence electrons. The van der Waals surface area contributed by atoms with Gasteiger partial charge in [0.25, 0.3) is 5.91 Å². The normalized spacial score (nSPS) is 10.7. The van der Waals surface area contributed by atoms with Crippen LogP contribution in [0.2, 0.25) is 0 Å². The summed E-state index contributed by atoms with van der Waals surface area (Å²) >= 11 is 2.21. The van der Waals surface area contributed by atoms with Crippen molar-refractivity contribution in [2.24, 2.45) is 5.10 Å². The minimum absolute atomic E-state index is 0.304. The molecule has 6 nitrogen and oxygen atoms in total. The summed E-state index contributed by atoms with van der Waals surface area (Å²) in [4.78, 5) is 12.2. The molecule has 0 radical (unpaired) electrons. The predicted octanol–water partition coefficient (Wildman–Crippen LogP) is 5.04. The van der Waals surface area contributed by atoms with Crippen LogP contribution in [0, 0.1) is 3.57 Å². The topological polar surface area (TPSA) is 69.2 Å². The molecule has 0 aliphatic rings. The lowest BCUT2D eigenvalue weighted by molar-refractivity contribution is 0.0955. The maximum absolute atomic E-state index is 12.2. The van der Waals surface area contributed by atoms with Gasteiger partial charge in [-0.05, 0) is 77.0 Å². The van der Waals surface area contributed by atoms with Crippen LogP contribution in [-0.4, -0.2) is 25.8 Å². The first-order valence-electron chi connectivity index (χ1n) is 9.71. The zero-order valence-corrected chi connectivity index (χ0v) is 19.5. The minimum Gasteiger partial charge on any atom is -0.497 e. The van der Waals surface area contributed by atoms with Gasteiger partial charge in [-0.2, -0.15) is 5.10 Å². The van der Waals surface area contributed by atoms with E-state index >= 15 is 0 Å². The fraction of sp³-hybridized carbons (Fsp3) is 0.167. The number of hydrogen-bond acceptors (Lipinski definition) is 5. The Morgan fingerprint density at radius 2 is 1.81 bits per heavy atom. The van der Waals surface area contributed by atoms with E-state index in [1.54, 1.807) is 37.6 Å². The van der Waals surface area contributed by atoms with Gasteiger partial charge < -0.3 is 14.2 Å². The zero-order valence-electron chi connectivity index (χ0n) is 17.3. The molecule has 3 aromatic rings. The molecule has 3 rings (SSSR count). The van der Waals surface area contributed by atoms with E-state index in [0.29, 0.717) is 36.0 Å². The Bertz CT molecular complexity index is 1040. The van der Waals surface area contributed by atoms with Crippen molar-refractivity contribution in [3.05, 3.63) is 87.0 Å². The number of nitrogens with one attached hydrogen (secondary N) is 1. The maximum atomic E-state index is 12.2. The Kier molecular flexibility index (Phi) is 8.28. The highest BCUT2D eigenvalue weighted by molar-refractivity contribution is 14.1. The first-order valence-corrected chi connectivity index (χ1v) is 10.8. The lowest BCUT2D eigenvalue weighted by atomic mass is 10.2. The number of halogens is 1. The van der Waals surface area contributed by atoms with Gasteiger partial charge in [-0.25, -0.2) is 5.43 Å². The standard InChI is InChI=1S/C24H23IN2O4/c1-3-30-22-14-18(13-21(25)23(22)31-16-17-7-5-4-6-8-17)15-26-27-24(28)19-9-11-20(29-2)12-10-19/h4-15H,3,16H2,1-2H3,(H,27,28)/b26-15-. The number of carbonyl (C=O) groups excluding carboxylic acids is 1. The number of amides is 1. The summed E-state index contributed by atoms with van der Waals surface area (Å²) in [6.45, 7) is 2.87. The predicted molar refractivity (Wildman–Crippen MR) is 129 cm³/mol. The molecule has 0 aliphatic heterocycles. The summed E-state index contributed by atoms with van der Waals surface area (Å²) in [6.07, 6.45) is 1.58. The van der Waals surface area contributed by atoms with Crippen molar-refractivity contribution >= 4 is 34.7 Å². The first kappa shape index (κ1) is 22.6. The van der Waals surface area contributed by atoms with Crippen molar-refractivity contribution in [2.75, 3.05) is 13.7 Å². The summed E-state index contributed by atoms with van der Waals surface area (Å²) in [5, 5.41) is 4.07. The molecule has 0 heterocycles. The van der Waals surface area contributed by atoms with E-state index in [-0.39, 0.29) is 5.91 Å². The summed E-state index contributed by atoms with van der Waals surface area (Å²) in [7, 11) is 1.58. The lowest BCUT2D eigenvalue weighted by Gasteiger charge is -2.14. The number of carbonyl (C=O) groups is 1. The van der Waals surface area contributed by atoms with Crippen LogP contribution >= 0.6 is 22.6 Å². The van der Waals surface area contributed by atoms with Crippen molar-refractivity contribution in [3.8, 4) is 17.2 Å². The third-order valence-corrected chi connectivity index (χ3v) is 5.09. The summed E-state index contributed by atoms with van der Waals surface area (Å²) < 4.78 is 17.8. The lowest BCUT2D eigenvalue weighted by Crippen LogP contribution is -2.17. The van der Waals surface area contributed by atoms with E-state index in [2.05, 4.69) is 33.1 Å². The average Bonchev–Trinajstić information content (AvgIpc) is 2.79. The summed E-state index contributed by atoms with van der Waals surface area (Å²) in [5.41, 5.74) is 4.89. The molecule has 1 N–H and O–H groups in total. The average molecular weight is 530 g/mol. The Balaban J connectivity index is 1.69. The van der Waals surface area contributed by atoms with Crippen molar-refractivity contribution in [1.82, 2.24) is 5.43 Å². The fourth-order valence-electron chi connectivity index (χ4n) is 2.77. The van der Waals surface area contributed by atoms with E-state index in [4.69, 9.17) is 14.2 Å². The van der Waals surface area contributed by atoms with Crippen LogP contribution in [0.15, 0.2) is 71.8 Å². The highest BCUT2D eigenvalue weighted by Gasteiger charge is 2.12. The molecule has 31 heavy (non-hydrogen) atoms. The smallest absolute Gasteiger partial charge is 0.271 e. The van der Waals surface area contributed by atoms with Gasteiger partial charge in [-0.1, -0.05) is 30.3 Å². The quantitative estimate of drug-likeness (QED) is 0.239. The number of ether oxygens (including phenoxy) is 3. The second-order valence-electron chi connectivity index (χ2n) is 6.46. The molecule has 0 saturated carbocycles. The molecule has 0 saturated heterocycles. The van der Waals surface area contributed by atoms with Crippen LogP contribution < -0.4 is 19.6 Å². The van der Waals surface area contributed by atoms with E-state index in [9.17, 15) is 4.79 Å². The maximum Gasteiger partial charge on any atom is 0.271 e. The van der Waals surface area contributed by atoms with Crippen molar-refractivity contribution in [1.29, 1.82) is 0 Å². The molecule has 0 bridgehead atoms. The second kappa shape index (κ2) is 11.4. The molecule has 1 amide bonds. The van der Waals surface area contributed by atoms with Crippen molar-refractivity contribution < 1.29 is 19.0 Å². The van der Waals surface area contributed by atoms with Crippen LogP contribution in [0.4, 0.5) is 0 Å². The van der Waals surface area contributed by atoms with Gasteiger partial charge in [0.2, 0.25) is 0 Å². The molecule has 0 atom stereocenters. The second-order valence-corrected chi connectivity index (χ2v) is 7.63. The van der Waals surface area contributed by atoms with E-state index < -0.39 is 0 Å². The molecule has 0 aromatic heterocycles. The van der Waals surface area contributed by atoms with E-state index in [1.807, 2.05) is 49.4 Å². The van der Waals surface area contributed by atoms with Crippen molar-refractivity contribution in [3.63, 3.8) is 0 Å². The largest absolute Gasteiger partial charge is 0.497 e. The van der Waals surface area contributed by atoms with Crippen LogP contribution in [0.1, 0.15) is 28.4 Å². The van der Waals surface area contributed by atoms with Crippen LogP contribution in [0.25, 0.3) is 0 Å². The van der Waals surface area contributed by atoms with Crippen LogP contribution in [-0.2, 0) is 6.61 Å². The van der Waals surface area contributed by atoms with Gasteiger partial charge in [0.15, 0.2) is 11.5 Å². The number of rotatable bonds is 9. The number of nitrogens with zero attached hydrogens (tertiary/aromatic N) is 1. The Hall–Kier alpha value is -3.07. The third-order valence-electron chi connectivity index (χ3n) is 4.29. The van der Waals surface area contributed by atoms with Gasteiger partial charge in [-0.3, -0.25) is 4.79 Å². The van der Waals surface area contributed by atoms with Gasteiger partial charge in [-0.15, -0.1) is 0 Å². The number of methoxy groups -OCH3 is 1. The summed E-state index contributed by atoms with van der Waals surface area (Å²) in [5.74, 6) is 1.70. The van der Waals surface area contributed by atoms with Gasteiger partial charge in [0.05, 0.1) is 23.5 Å². The van der Waals surface area contributed by atoms with Crippen LogP contribution in [0.3, 0.4) is 0 Å². The molecule has 0 fully saturated rings. The molecule has 3 aromatic carbocycles. The Morgan fingerprint density at radius 1 is 1.06 bits per heavy atom. The van der Waals surface area contributed by atoms with Gasteiger partial charge >= 0.3 is 0 Å². The SMILES string of the molecule is CCOc1cc(/C=N\NC(=O)c2ccc(OC)cc2)cc(I)c1OCc1ccccc1. The van der Waals surface area contributed by atoms with Gasteiger partial charge in [0.1, 0.15) is 12.4 Å². The third kappa shape index (κ3) is 6.45. The highest BCUT2D eigenvalue weighted by Crippen LogP contribution is 2.34. The van der Waals surface area contributed by atoms with Crippen LogP contribution in [0.5, 0.6) is 17.2 Å². The molecule has 7 heteroatoms. The Morgan fingerprint density at radius 3 is 2.48 bits per heavy atom. The van der Waals surface area contributed by atoms with Crippen molar-refractivity contribution in [2.45, 2.75) is 13.5 Å². The summed E-state index contributed by atoms with van der Waals surface area (Å²) in [6, 6.07) is 20.5. The first-order chi connectivity index (χ1) is 15.1. The highest BCUT2D eigenvalue weighted by atomic mass is 127. The minimum atomic E-state index is -0.304. The van der Waals surface area contributed by atoms with Gasteiger partial charge in [0, 0.05) is 5.56 Å². The zero-order chi connectivity index (χ0) is 22.1. The molecule has 0 aliphatic carbocycles. The monoisotopic (exact) mass is 530 g/mol. The Labute approximate surface area is 195 Å². The number of hydrogen-bond donors (Lipinski definition) is 1. The molecule has 0 spiro atoms. The fourth-order valence-corrected chi connectivity index (χ4v) is 3.55. The molecular weight excluding hydrogens is 507 g/mol. The number of hydrazone groups is 1.